The highest BCUT2D eigenvalue weighted by atomic mass is 15.2. The van der Waals surface area contributed by atoms with Crippen LogP contribution in [-0.2, 0) is 6.54 Å². The van der Waals surface area contributed by atoms with Crippen molar-refractivity contribution in [1.29, 1.82) is 0 Å². The number of hydrogen-bond acceptors (Lipinski definition) is 4. The van der Waals surface area contributed by atoms with E-state index in [1.54, 1.807) is 0 Å². The maximum Gasteiger partial charge on any atom is 0.147 e. The van der Waals surface area contributed by atoms with Crippen LogP contribution < -0.4 is 10.2 Å². The minimum absolute atomic E-state index is 0.652. The van der Waals surface area contributed by atoms with Gasteiger partial charge in [-0.3, -0.25) is 4.98 Å². The minimum atomic E-state index is 0.652. The predicted molar refractivity (Wildman–Crippen MR) is 70.1 cm³/mol. The number of nitrogens with zero attached hydrogens (tertiary/aromatic N) is 3. The van der Waals surface area contributed by atoms with Crippen LogP contribution >= 0.6 is 0 Å². The highest BCUT2D eigenvalue weighted by molar-refractivity contribution is 5.39. The highest BCUT2D eigenvalue weighted by Crippen LogP contribution is 2.25. The van der Waals surface area contributed by atoms with Crippen LogP contribution in [0.4, 0.5) is 5.82 Å². The molecule has 0 aliphatic carbocycles. The summed E-state index contributed by atoms with van der Waals surface area (Å²) in [5.41, 5.74) is 1.03. The minimum Gasteiger partial charge on any atom is -0.352 e. The first-order valence-electron chi connectivity index (χ1n) is 6.63. The van der Waals surface area contributed by atoms with Crippen LogP contribution in [0.15, 0.2) is 12.4 Å². The molecule has 1 N–H and O–H groups in total. The van der Waals surface area contributed by atoms with Crippen molar-refractivity contribution < 1.29 is 0 Å². The zero-order valence-electron chi connectivity index (χ0n) is 10.8. The molecular weight excluding hydrogens is 212 g/mol. The monoisotopic (exact) mass is 234 g/mol. The van der Waals surface area contributed by atoms with E-state index >= 15 is 0 Å². The molecule has 4 heteroatoms. The summed E-state index contributed by atoms with van der Waals surface area (Å²) in [5, 5.41) is 3.29. The molecule has 1 unspecified atom stereocenters. The van der Waals surface area contributed by atoms with E-state index in [0.717, 1.165) is 31.1 Å². The van der Waals surface area contributed by atoms with Crippen LogP contribution in [0.1, 0.15) is 38.8 Å². The molecular formula is C13H22N4. The Kier molecular flexibility index (Phi) is 4.31. The van der Waals surface area contributed by atoms with Gasteiger partial charge >= 0.3 is 0 Å². The van der Waals surface area contributed by atoms with Gasteiger partial charge in [-0.05, 0) is 25.8 Å². The maximum absolute atomic E-state index is 4.69. The first-order valence-corrected chi connectivity index (χ1v) is 6.63. The van der Waals surface area contributed by atoms with Crippen molar-refractivity contribution in [2.45, 2.75) is 45.7 Å². The third kappa shape index (κ3) is 2.94. The summed E-state index contributed by atoms with van der Waals surface area (Å²) in [6, 6.07) is 0.652. The van der Waals surface area contributed by atoms with Crippen molar-refractivity contribution >= 4 is 5.82 Å². The molecule has 2 rings (SSSR count). The lowest BCUT2D eigenvalue weighted by Gasteiger charge is -2.24. The van der Waals surface area contributed by atoms with Gasteiger partial charge in [-0.25, -0.2) is 4.98 Å². The molecule has 1 aliphatic rings. The summed E-state index contributed by atoms with van der Waals surface area (Å²) in [6.07, 6.45) is 7.50. The van der Waals surface area contributed by atoms with E-state index in [-0.39, 0.29) is 0 Å². The SMILES string of the molecule is CCNCc1cncc(N2CCCC2CC)n1. The van der Waals surface area contributed by atoms with E-state index < -0.39 is 0 Å². The smallest absolute Gasteiger partial charge is 0.147 e. The zero-order chi connectivity index (χ0) is 12.1. The Morgan fingerprint density at radius 2 is 2.29 bits per heavy atom. The van der Waals surface area contributed by atoms with E-state index in [1.165, 1.54) is 19.3 Å². The van der Waals surface area contributed by atoms with Gasteiger partial charge in [0.15, 0.2) is 0 Å². The molecule has 4 nitrogen and oxygen atoms in total. The molecule has 0 spiro atoms. The van der Waals surface area contributed by atoms with Crippen molar-refractivity contribution in [2.24, 2.45) is 0 Å². The van der Waals surface area contributed by atoms with Crippen LogP contribution in [0.5, 0.6) is 0 Å². The third-order valence-electron chi connectivity index (χ3n) is 3.37. The van der Waals surface area contributed by atoms with Gasteiger partial charge < -0.3 is 10.2 Å². The summed E-state index contributed by atoms with van der Waals surface area (Å²) >= 11 is 0. The van der Waals surface area contributed by atoms with Gasteiger partial charge in [-0.15, -0.1) is 0 Å². The standard InChI is InChI=1S/C13H22N4/c1-3-12-6-5-7-17(12)13-10-15-9-11(16-13)8-14-4-2/h9-10,12,14H,3-8H2,1-2H3. The molecule has 0 saturated carbocycles. The summed E-state index contributed by atoms with van der Waals surface area (Å²) in [4.78, 5) is 11.4. The van der Waals surface area contributed by atoms with Gasteiger partial charge in [0.2, 0.25) is 0 Å². The Balaban J connectivity index is 2.09. The molecule has 1 aliphatic heterocycles. The molecule has 0 bridgehead atoms. The predicted octanol–water partition coefficient (Wildman–Crippen LogP) is 1.96. The zero-order valence-corrected chi connectivity index (χ0v) is 10.8. The summed E-state index contributed by atoms with van der Waals surface area (Å²) in [7, 11) is 0. The second kappa shape index (κ2) is 5.96. The second-order valence-corrected chi connectivity index (χ2v) is 4.55. The topological polar surface area (TPSA) is 41.1 Å². The van der Waals surface area contributed by atoms with E-state index in [9.17, 15) is 0 Å². The first kappa shape index (κ1) is 12.3. The first-order chi connectivity index (χ1) is 8.35. The van der Waals surface area contributed by atoms with E-state index in [1.807, 2.05) is 12.4 Å². The average Bonchev–Trinajstić information content (AvgIpc) is 2.85. The molecule has 1 saturated heterocycles. The molecule has 17 heavy (non-hydrogen) atoms. The third-order valence-corrected chi connectivity index (χ3v) is 3.37. The molecule has 1 aromatic rings. The molecule has 1 aromatic heterocycles. The van der Waals surface area contributed by atoms with E-state index in [2.05, 4.69) is 29.0 Å². The molecule has 2 heterocycles. The lowest BCUT2D eigenvalue weighted by Crippen LogP contribution is -2.29. The highest BCUT2D eigenvalue weighted by Gasteiger charge is 2.24. The van der Waals surface area contributed by atoms with Crippen LogP contribution in [-0.4, -0.2) is 29.1 Å². The molecule has 0 radical (unpaired) electrons. The van der Waals surface area contributed by atoms with Crippen molar-refractivity contribution in [1.82, 2.24) is 15.3 Å². The fourth-order valence-corrected chi connectivity index (χ4v) is 2.43. The van der Waals surface area contributed by atoms with Crippen molar-refractivity contribution in [3.05, 3.63) is 18.1 Å². The number of nitrogens with one attached hydrogen (secondary N) is 1. The fraction of sp³-hybridized carbons (Fsp3) is 0.692. The summed E-state index contributed by atoms with van der Waals surface area (Å²) in [6.45, 7) is 7.25. The number of anilines is 1. The Morgan fingerprint density at radius 3 is 3.06 bits per heavy atom. The van der Waals surface area contributed by atoms with Crippen molar-refractivity contribution in [2.75, 3.05) is 18.0 Å². The average molecular weight is 234 g/mol. The maximum atomic E-state index is 4.69. The quantitative estimate of drug-likeness (QED) is 0.845. The lowest BCUT2D eigenvalue weighted by atomic mass is 10.2. The van der Waals surface area contributed by atoms with E-state index in [4.69, 9.17) is 4.98 Å². The normalized spacial score (nSPS) is 19.9. The van der Waals surface area contributed by atoms with E-state index in [0.29, 0.717) is 6.04 Å². The molecule has 94 valence electrons. The van der Waals surface area contributed by atoms with Gasteiger partial charge in [-0.2, -0.15) is 0 Å². The van der Waals surface area contributed by atoms with Gasteiger partial charge in [0.25, 0.3) is 0 Å². The Morgan fingerprint density at radius 1 is 1.41 bits per heavy atom. The largest absolute Gasteiger partial charge is 0.352 e. The second-order valence-electron chi connectivity index (χ2n) is 4.55. The Labute approximate surface area is 103 Å². The van der Waals surface area contributed by atoms with Crippen LogP contribution in [0.3, 0.4) is 0 Å². The van der Waals surface area contributed by atoms with Crippen LogP contribution in [0.2, 0.25) is 0 Å². The fourth-order valence-electron chi connectivity index (χ4n) is 2.43. The molecule has 1 atom stereocenters. The lowest BCUT2D eigenvalue weighted by molar-refractivity contribution is 0.635. The number of rotatable bonds is 5. The van der Waals surface area contributed by atoms with Crippen LogP contribution in [0, 0.1) is 0 Å². The van der Waals surface area contributed by atoms with Gasteiger partial charge in [-0.1, -0.05) is 13.8 Å². The Bertz CT molecular complexity index is 353. The number of aromatic nitrogens is 2. The van der Waals surface area contributed by atoms with Crippen LogP contribution in [0.25, 0.3) is 0 Å². The van der Waals surface area contributed by atoms with Gasteiger partial charge in [0.05, 0.1) is 11.9 Å². The number of hydrogen-bond donors (Lipinski definition) is 1. The van der Waals surface area contributed by atoms with Crippen molar-refractivity contribution in [3.8, 4) is 0 Å². The summed E-state index contributed by atoms with van der Waals surface area (Å²) in [5.74, 6) is 1.05. The Hall–Kier alpha value is -1.16. The molecule has 0 aromatic carbocycles. The molecule has 1 fully saturated rings. The summed E-state index contributed by atoms with van der Waals surface area (Å²) < 4.78 is 0. The molecule has 0 amide bonds. The van der Waals surface area contributed by atoms with Crippen molar-refractivity contribution in [3.63, 3.8) is 0 Å². The van der Waals surface area contributed by atoms with Gasteiger partial charge in [0, 0.05) is 25.3 Å². The van der Waals surface area contributed by atoms with Gasteiger partial charge in [0.1, 0.15) is 5.82 Å².